The molecule has 2 aliphatic heterocycles. The molecule has 0 aliphatic carbocycles. The topological polar surface area (TPSA) is 73.7 Å². The first-order valence-corrected chi connectivity index (χ1v) is 10.1. The van der Waals surface area contributed by atoms with Crippen molar-refractivity contribution in [3.63, 3.8) is 0 Å². The smallest absolute Gasteiger partial charge is 0.407 e. The van der Waals surface area contributed by atoms with Crippen molar-refractivity contribution >= 4 is 39.3 Å². The summed E-state index contributed by atoms with van der Waals surface area (Å²) in [7, 11) is 0. The highest BCUT2D eigenvalue weighted by Gasteiger charge is 2.43. The molecule has 1 N–H and O–H groups in total. The number of carbonyl (C=O) groups excluding carboxylic acids is 1. The van der Waals surface area contributed by atoms with Crippen molar-refractivity contribution in [1.29, 1.82) is 0 Å². The van der Waals surface area contributed by atoms with Gasteiger partial charge in [0, 0.05) is 6.54 Å². The molecule has 1 saturated heterocycles. The summed E-state index contributed by atoms with van der Waals surface area (Å²) >= 11 is 4.69. The molecule has 0 bridgehead atoms. The summed E-state index contributed by atoms with van der Waals surface area (Å²) in [4.78, 5) is 33.1. The van der Waals surface area contributed by atoms with E-state index in [2.05, 4.69) is 20.9 Å². The van der Waals surface area contributed by atoms with E-state index >= 15 is 0 Å². The molecule has 136 valence electrons. The van der Waals surface area contributed by atoms with Crippen LogP contribution in [-0.2, 0) is 13.0 Å². The Labute approximate surface area is 163 Å². The van der Waals surface area contributed by atoms with E-state index in [0.717, 1.165) is 24.1 Å². The van der Waals surface area contributed by atoms with Crippen LogP contribution in [0.4, 0.5) is 4.79 Å². The predicted octanol–water partition coefficient (Wildman–Crippen LogP) is 3.62. The molecule has 3 heterocycles. The van der Waals surface area contributed by atoms with E-state index in [1.165, 1.54) is 16.2 Å². The molecule has 4 rings (SSSR count). The maximum absolute atomic E-state index is 12.9. The Kier molecular flexibility index (Phi) is 4.71. The maximum atomic E-state index is 12.9. The fraction of sp³-hybridized carbons (Fsp3) is 0.389. The van der Waals surface area contributed by atoms with E-state index < -0.39 is 6.09 Å². The van der Waals surface area contributed by atoms with Crippen molar-refractivity contribution < 1.29 is 14.7 Å². The number of aromatic nitrogens is 1. The lowest BCUT2D eigenvalue weighted by atomic mass is 9.90. The number of amides is 2. The zero-order valence-corrected chi connectivity index (χ0v) is 16.4. The Bertz CT molecular complexity index is 841. The summed E-state index contributed by atoms with van der Waals surface area (Å²) in [5.74, 6) is -0.0292. The lowest BCUT2D eigenvalue weighted by Crippen LogP contribution is -2.57. The second-order valence-electron chi connectivity index (χ2n) is 6.62. The van der Waals surface area contributed by atoms with Crippen LogP contribution in [0.15, 0.2) is 34.2 Å². The molecule has 2 aromatic rings. The van der Waals surface area contributed by atoms with E-state index in [-0.39, 0.29) is 18.0 Å². The van der Waals surface area contributed by atoms with Gasteiger partial charge in [0.05, 0.1) is 24.3 Å². The number of carboxylic acid groups (broad SMARTS) is 1. The minimum absolute atomic E-state index is 0.0292. The summed E-state index contributed by atoms with van der Waals surface area (Å²) in [6, 6.07) is 9.50. The van der Waals surface area contributed by atoms with Gasteiger partial charge in [0.2, 0.25) is 0 Å². The van der Waals surface area contributed by atoms with Gasteiger partial charge in [-0.15, -0.1) is 11.3 Å². The van der Waals surface area contributed by atoms with Crippen LogP contribution < -0.4 is 0 Å². The second-order valence-corrected chi connectivity index (χ2v) is 8.89. The van der Waals surface area contributed by atoms with Gasteiger partial charge in [0.15, 0.2) is 3.92 Å². The third-order valence-electron chi connectivity index (χ3n) is 5.12. The van der Waals surface area contributed by atoms with Gasteiger partial charge in [-0.25, -0.2) is 9.78 Å². The van der Waals surface area contributed by atoms with Gasteiger partial charge in [-0.1, -0.05) is 30.3 Å². The summed E-state index contributed by atoms with van der Waals surface area (Å²) in [6.07, 6.45) is 1.25. The number of piperidine rings is 1. The molecular formula is C18H18BrN3O3S. The molecule has 8 heteroatoms. The van der Waals surface area contributed by atoms with Gasteiger partial charge in [0.1, 0.15) is 4.88 Å². The Hall–Kier alpha value is -1.93. The number of thiazole rings is 1. The van der Waals surface area contributed by atoms with E-state index in [9.17, 15) is 14.7 Å². The minimum Gasteiger partial charge on any atom is -0.465 e. The molecule has 6 nitrogen and oxygen atoms in total. The minimum atomic E-state index is -0.919. The average Bonchev–Trinajstić information content (AvgIpc) is 3.13. The third-order valence-corrected chi connectivity index (χ3v) is 6.66. The average molecular weight is 436 g/mol. The van der Waals surface area contributed by atoms with Crippen LogP contribution >= 0.6 is 27.3 Å². The van der Waals surface area contributed by atoms with Gasteiger partial charge in [-0.05, 0) is 40.8 Å². The summed E-state index contributed by atoms with van der Waals surface area (Å²) in [5.41, 5.74) is 1.87. The van der Waals surface area contributed by atoms with Crippen molar-refractivity contribution in [2.45, 2.75) is 37.9 Å². The number of fused-ring (bicyclic) bond motifs is 1. The highest BCUT2D eigenvalue weighted by molar-refractivity contribution is 9.11. The fourth-order valence-electron chi connectivity index (χ4n) is 3.97. The zero-order chi connectivity index (χ0) is 18.3. The van der Waals surface area contributed by atoms with Crippen LogP contribution in [0.1, 0.15) is 33.8 Å². The van der Waals surface area contributed by atoms with E-state index in [0.29, 0.717) is 28.3 Å². The molecule has 0 radical (unpaired) electrons. The molecule has 0 saturated carbocycles. The van der Waals surface area contributed by atoms with Crippen molar-refractivity contribution in [1.82, 2.24) is 14.8 Å². The van der Waals surface area contributed by atoms with Crippen molar-refractivity contribution in [2.24, 2.45) is 0 Å². The molecule has 2 aliphatic rings. The Balaban J connectivity index is 1.63. The number of benzene rings is 1. The molecule has 26 heavy (non-hydrogen) atoms. The molecule has 2 amide bonds. The van der Waals surface area contributed by atoms with Gasteiger partial charge in [-0.2, -0.15) is 0 Å². The fourth-order valence-corrected chi connectivity index (χ4v) is 5.42. The molecule has 1 fully saturated rings. The Morgan fingerprint density at radius 2 is 2.12 bits per heavy atom. The number of hydrogen-bond donors (Lipinski definition) is 1. The summed E-state index contributed by atoms with van der Waals surface area (Å²) in [5, 5.41) is 9.69. The number of halogens is 1. The van der Waals surface area contributed by atoms with Crippen molar-refractivity contribution in [3.05, 3.63) is 50.4 Å². The third kappa shape index (κ3) is 3.12. The predicted molar refractivity (Wildman–Crippen MR) is 101 cm³/mol. The van der Waals surface area contributed by atoms with Gasteiger partial charge >= 0.3 is 6.09 Å². The number of rotatable bonds is 3. The monoisotopic (exact) mass is 435 g/mol. The first-order valence-electron chi connectivity index (χ1n) is 8.54. The van der Waals surface area contributed by atoms with Crippen molar-refractivity contribution in [2.75, 3.05) is 6.54 Å². The second kappa shape index (κ2) is 7.00. The Morgan fingerprint density at radius 3 is 2.81 bits per heavy atom. The molecule has 2 unspecified atom stereocenters. The first-order chi connectivity index (χ1) is 12.5. The highest BCUT2D eigenvalue weighted by atomic mass is 79.9. The normalized spacial score (nSPS) is 22.6. The van der Waals surface area contributed by atoms with E-state index in [1.807, 2.05) is 35.2 Å². The molecule has 1 aromatic heterocycles. The number of carbonyl (C=O) groups is 2. The Morgan fingerprint density at radius 1 is 1.35 bits per heavy atom. The van der Waals surface area contributed by atoms with Crippen LogP contribution in [-0.4, -0.2) is 50.5 Å². The van der Waals surface area contributed by atoms with Crippen molar-refractivity contribution in [3.8, 4) is 0 Å². The lowest BCUT2D eigenvalue weighted by Gasteiger charge is -2.43. The molecule has 1 aromatic carbocycles. The summed E-state index contributed by atoms with van der Waals surface area (Å²) < 4.78 is 0.715. The maximum Gasteiger partial charge on any atom is 0.407 e. The first kappa shape index (κ1) is 17.5. The van der Waals surface area contributed by atoms with Crippen LogP contribution in [0, 0.1) is 0 Å². The van der Waals surface area contributed by atoms with E-state index in [4.69, 9.17) is 0 Å². The molecule has 2 atom stereocenters. The number of hydrogen-bond acceptors (Lipinski definition) is 4. The summed E-state index contributed by atoms with van der Waals surface area (Å²) in [6.45, 7) is 0.969. The number of likely N-dealkylation sites (tertiary alicyclic amines) is 1. The van der Waals surface area contributed by atoms with Crippen LogP contribution in [0.25, 0.3) is 0 Å². The quantitative estimate of drug-likeness (QED) is 0.798. The van der Waals surface area contributed by atoms with Crippen LogP contribution in [0.2, 0.25) is 0 Å². The van der Waals surface area contributed by atoms with Gasteiger partial charge in [0.25, 0.3) is 5.91 Å². The largest absolute Gasteiger partial charge is 0.465 e. The molecular weight excluding hydrogens is 418 g/mol. The standard InChI is InChI=1S/C18H18BrN3O3S/c19-17-20-12-10-22(16(23)15(12)26-17)13-7-4-8-21(18(24)25)14(13)9-11-5-2-1-3-6-11/h1-3,5-6,13-14H,4,7-10H2,(H,24,25). The number of nitrogens with zero attached hydrogens (tertiary/aromatic N) is 3. The molecule has 0 spiro atoms. The van der Waals surface area contributed by atoms with Gasteiger partial charge < -0.3 is 14.9 Å². The van der Waals surface area contributed by atoms with Gasteiger partial charge in [-0.3, -0.25) is 4.79 Å². The van der Waals surface area contributed by atoms with Crippen LogP contribution in [0.5, 0.6) is 0 Å². The zero-order valence-electron chi connectivity index (χ0n) is 14.0. The SMILES string of the molecule is O=C(O)N1CCCC(N2Cc3nc(Br)sc3C2=O)C1Cc1ccccc1. The van der Waals surface area contributed by atoms with E-state index in [1.54, 1.807) is 0 Å². The van der Waals surface area contributed by atoms with Crippen LogP contribution in [0.3, 0.4) is 0 Å². The lowest BCUT2D eigenvalue weighted by molar-refractivity contribution is 0.0332. The highest BCUT2D eigenvalue weighted by Crippen LogP contribution is 2.35.